The third kappa shape index (κ3) is 2.70. The van der Waals surface area contributed by atoms with Gasteiger partial charge in [0.2, 0.25) is 10.0 Å². The average Bonchev–Trinajstić information content (AvgIpc) is 3.01. The number of nitrogens with two attached hydrogens (primary N) is 1. The molecule has 1 aromatic heterocycles. The first-order valence-corrected chi connectivity index (χ1v) is 7.24. The van der Waals surface area contributed by atoms with Gasteiger partial charge >= 0.3 is 0 Å². The standard InChI is InChI=1S/C11H18N2O3S/c1-7(9-3-4-9)13-17(14,15)11-5-10(6-12)16-8(11)2/h5,7,9,13H,3-4,6,12H2,1-2H3. The summed E-state index contributed by atoms with van der Waals surface area (Å²) in [6.07, 6.45) is 2.20. The molecule has 1 fully saturated rings. The molecule has 0 radical (unpaired) electrons. The highest BCUT2D eigenvalue weighted by Crippen LogP contribution is 2.33. The first-order chi connectivity index (χ1) is 7.94. The second kappa shape index (κ2) is 4.44. The highest BCUT2D eigenvalue weighted by molar-refractivity contribution is 7.89. The molecule has 0 spiro atoms. The van der Waals surface area contributed by atoms with Crippen molar-refractivity contribution in [1.82, 2.24) is 4.72 Å². The van der Waals surface area contributed by atoms with Crippen molar-refractivity contribution >= 4 is 10.0 Å². The highest BCUT2D eigenvalue weighted by atomic mass is 32.2. The molecule has 3 N–H and O–H groups in total. The minimum Gasteiger partial charge on any atom is -0.464 e. The molecule has 5 nitrogen and oxygen atoms in total. The third-order valence-corrected chi connectivity index (χ3v) is 4.75. The normalized spacial score (nSPS) is 18.3. The molecular weight excluding hydrogens is 240 g/mol. The molecule has 2 rings (SSSR count). The van der Waals surface area contributed by atoms with E-state index in [0.717, 1.165) is 12.8 Å². The molecule has 0 aliphatic heterocycles. The fraction of sp³-hybridized carbons (Fsp3) is 0.636. The topological polar surface area (TPSA) is 85.3 Å². The molecule has 1 heterocycles. The van der Waals surface area contributed by atoms with E-state index >= 15 is 0 Å². The summed E-state index contributed by atoms with van der Waals surface area (Å²) in [5.41, 5.74) is 5.43. The smallest absolute Gasteiger partial charge is 0.244 e. The molecule has 96 valence electrons. The predicted molar refractivity (Wildman–Crippen MR) is 63.8 cm³/mol. The van der Waals surface area contributed by atoms with E-state index in [1.54, 1.807) is 6.92 Å². The molecule has 0 amide bonds. The Morgan fingerprint density at radius 3 is 2.71 bits per heavy atom. The second-order valence-corrected chi connectivity index (χ2v) is 6.27. The molecule has 6 heteroatoms. The largest absolute Gasteiger partial charge is 0.464 e. The molecule has 0 aromatic carbocycles. The van der Waals surface area contributed by atoms with Crippen molar-refractivity contribution in [2.24, 2.45) is 11.7 Å². The van der Waals surface area contributed by atoms with Gasteiger partial charge in [0.05, 0.1) is 6.54 Å². The molecule has 1 unspecified atom stereocenters. The van der Waals surface area contributed by atoms with E-state index in [2.05, 4.69) is 4.72 Å². The minimum atomic E-state index is -3.48. The van der Waals surface area contributed by atoms with E-state index in [1.807, 2.05) is 6.92 Å². The predicted octanol–water partition coefficient (Wildman–Crippen LogP) is 1.12. The van der Waals surface area contributed by atoms with Crippen LogP contribution in [0.5, 0.6) is 0 Å². The summed E-state index contributed by atoms with van der Waals surface area (Å²) in [5.74, 6) is 1.36. The Balaban J connectivity index is 2.20. The lowest BCUT2D eigenvalue weighted by Crippen LogP contribution is -2.34. The van der Waals surface area contributed by atoms with Crippen LogP contribution in [0.2, 0.25) is 0 Å². The van der Waals surface area contributed by atoms with Gasteiger partial charge < -0.3 is 10.2 Å². The van der Waals surface area contributed by atoms with Gasteiger partial charge in [-0.1, -0.05) is 0 Å². The van der Waals surface area contributed by atoms with Gasteiger partial charge in [-0.2, -0.15) is 0 Å². The van der Waals surface area contributed by atoms with Gasteiger partial charge in [-0.15, -0.1) is 0 Å². The van der Waals surface area contributed by atoms with E-state index in [9.17, 15) is 8.42 Å². The Morgan fingerprint density at radius 2 is 2.24 bits per heavy atom. The van der Waals surface area contributed by atoms with Crippen molar-refractivity contribution in [3.8, 4) is 0 Å². The Bertz CT molecular complexity index is 503. The molecule has 1 atom stereocenters. The van der Waals surface area contributed by atoms with Gasteiger partial charge in [0.1, 0.15) is 16.4 Å². The van der Waals surface area contributed by atoms with E-state index in [0.29, 0.717) is 17.4 Å². The molecule has 0 bridgehead atoms. The van der Waals surface area contributed by atoms with Gasteiger partial charge in [0.15, 0.2) is 0 Å². The van der Waals surface area contributed by atoms with Crippen LogP contribution in [0.25, 0.3) is 0 Å². The second-order valence-electron chi connectivity index (χ2n) is 4.58. The van der Waals surface area contributed by atoms with E-state index in [1.165, 1.54) is 6.07 Å². The molecule has 1 aromatic rings. The Kier molecular flexibility index (Phi) is 3.29. The number of nitrogens with one attached hydrogen (secondary N) is 1. The van der Waals surface area contributed by atoms with E-state index < -0.39 is 10.0 Å². The highest BCUT2D eigenvalue weighted by Gasteiger charge is 2.32. The molecule has 17 heavy (non-hydrogen) atoms. The van der Waals surface area contributed by atoms with Crippen LogP contribution in [0.1, 0.15) is 31.3 Å². The van der Waals surface area contributed by atoms with Crippen LogP contribution in [0, 0.1) is 12.8 Å². The van der Waals surface area contributed by atoms with Crippen molar-refractivity contribution in [2.45, 2.75) is 44.2 Å². The first kappa shape index (κ1) is 12.6. The summed E-state index contributed by atoms with van der Waals surface area (Å²) in [6.45, 7) is 3.73. The van der Waals surface area contributed by atoms with Crippen molar-refractivity contribution in [2.75, 3.05) is 0 Å². The SMILES string of the molecule is Cc1oc(CN)cc1S(=O)(=O)NC(C)C1CC1. The molecule has 0 saturated heterocycles. The zero-order valence-corrected chi connectivity index (χ0v) is 10.9. The number of aryl methyl sites for hydroxylation is 1. The van der Waals surface area contributed by atoms with Crippen molar-refractivity contribution in [1.29, 1.82) is 0 Å². The number of furan rings is 1. The molecule has 1 saturated carbocycles. The summed E-state index contributed by atoms with van der Waals surface area (Å²) >= 11 is 0. The number of rotatable bonds is 5. The van der Waals surface area contributed by atoms with E-state index in [-0.39, 0.29) is 17.5 Å². The van der Waals surface area contributed by atoms with Gasteiger partial charge in [0.25, 0.3) is 0 Å². The maximum absolute atomic E-state index is 12.1. The summed E-state index contributed by atoms with van der Waals surface area (Å²) in [6, 6.07) is 1.48. The zero-order chi connectivity index (χ0) is 12.6. The molecule has 1 aliphatic carbocycles. The van der Waals surface area contributed by atoms with E-state index in [4.69, 9.17) is 10.2 Å². The fourth-order valence-corrected chi connectivity index (χ4v) is 3.41. The van der Waals surface area contributed by atoms with Crippen LogP contribution < -0.4 is 10.5 Å². The fourth-order valence-electron chi connectivity index (χ4n) is 1.89. The Morgan fingerprint density at radius 1 is 1.59 bits per heavy atom. The Hall–Kier alpha value is -0.850. The molecular formula is C11H18N2O3S. The summed E-state index contributed by atoms with van der Waals surface area (Å²) in [4.78, 5) is 0.199. The van der Waals surface area contributed by atoms with Crippen LogP contribution in [0.15, 0.2) is 15.4 Å². The van der Waals surface area contributed by atoms with Crippen LogP contribution in [-0.4, -0.2) is 14.5 Å². The van der Waals surface area contributed by atoms with Gasteiger partial charge in [-0.05, 0) is 32.6 Å². The number of sulfonamides is 1. The third-order valence-electron chi connectivity index (χ3n) is 3.08. The molecule has 1 aliphatic rings. The Labute approximate surface area is 101 Å². The maximum atomic E-state index is 12.1. The van der Waals surface area contributed by atoms with Crippen LogP contribution in [0.3, 0.4) is 0 Å². The minimum absolute atomic E-state index is 0.0179. The zero-order valence-electron chi connectivity index (χ0n) is 10.1. The summed E-state index contributed by atoms with van der Waals surface area (Å²) in [7, 11) is -3.48. The monoisotopic (exact) mass is 258 g/mol. The van der Waals surface area contributed by atoms with Crippen molar-refractivity contribution < 1.29 is 12.8 Å². The lowest BCUT2D eigenvalue weighted by atomic mass is 10.2. The lowest BCUT2D eigenvalue weighted by Gasteiger charge is -2.12. The van der Waals surface area contributed by atoms with Crippen LogP contribution in [0.4, 0.5) is 0 Å². The first-order valence-electron chi connectivity index (χ1n) is 5.75. The van der Waals surface area contributed by atoms with Gasteiger partial charge in [-0.3, -0.25) is 0 Å². The van der Waals surface area contributed by atoms with Crippen molar-refractivity contribution in [3.05, 3.63) is 17.6 Å². The van der Waals surface area contributed by atoms with Crippen LogP contribution in [-0.2, 0) is 16.6 Å². The summed E-state index contributed by atoms with van der Waals surface area (Å²) < 4.78 is 32.2. The maximum Gasteiger partial charge on any atom is 0.244 e. The quantitative estimate of drug-likeness (QED) is 0.829. The van der Waals surface area contributed by atoms with Crippen LogP contribution >= 0.6 is 0 Å². The average molecular weight is 258 g/mol. The van der Waals surface area contributed by atoms with Gasteiger partial charge in [0, 0.05) is 12.1 Å². The van der Waals surface area contributed by atoms with Gasteiger partial charge in [-0.25, -0.2) is 13.1 Å². The number of hydrogen-bond donors (Lipinski definition) is 2. The summed E-state index contributed by atoms with van der Waals surface area (Å²) in [5, 5.41) is 0. The van der Waals surface area contributed by atoms with Crippen molar-refractivity contribution in [3.63, 3.8) is 0 Å². The number of hydrogen-bond acceptors (Lipinski definition) is 4. The lowest BCUT2D eigenvalue weighted by molar-refractivity contribution is 0.477.